The lowest BCUT2D eigenvalue weighted by Gasteiger charge is -2.43. The first kappa shape index (κ1) is 15.7. The van der Waals surface area contributed by atoms with Gasteiger partial charge in [0.1, 0.15) is 4.08 Å². The van der Waals surface area contributed by atoms with Crippen molar-refractivity contribution in [3.8, 4) is 0 Å². The van der Waals surface area contributed by atoms with E-state index in [1.54, 1.807) is 23.5 Å². The van der Waals surface area contributed by atoms with Crippen molar-refractivity contribution in [1.82, 2.24) is 4.90 Å². The zero-order valence-electron chi connectivity index (χ0n) is 11.9. The fraction of sp³-hybridized carbons (Fsp3) is 0.533. The quantitative estimate of drug-likeness (QED) is 0.849. The Morgan fingerprint density at radius 3 is 2.50 bits per heavy atom. The molecule has 1 amide bonds. The van der Waals surface area contributed by atoms with Crippen molar-refractivity contribution in [3.63, 3.8) is 0 Å². The van der Waals surface area contributed by atoms with Gasteiger partial charge in [-0.3, -0.25) is 4.79 Å². The van der Waals surface area contributed by atoms with Gasteiger partial charge in [-0.2, -0.15) is 0 Å². The van der Waals surface area contributed by atoms with Crippen LogP contribution in [0.4, 0.5) is 0 Å². The minimum Gasteiger partial charge on any atom is -0.394 e. The lowest BCUT2D eigenvalue weighted by Crippen LogP contribution is -2.51. The van der Waals surface area contributed by atoms with Gasteiger partial charge in [-0.15, -0.1) is 23.5 Å². The SMILES string of the molecule is CSC1(SC)CCCN([C@@H](CO)c2ccccc2)C1=O. The van der Waals surface area contributed by atoms with Crippen molar-refractivity contribution in [1.29, 1.82) is 0 Å². The first-order valence-electron chi connectivity index (χ1n) is 6.75. The molecule has 0 aliphatic carbocycles. The second-order valence-electron chi connectivity index (χ2n) is 4.87. The molecule has 0 aromatic heterocycles. The highest BCUT2D eigenvalue weighted by Gasteiger charge is 2.45. The van der Waals surface area contributed by atoms with Crippen LogP contribution in [0.1, 0.15) is 24.4 Å². The molecular weight excluding hydrogens is 290 g/mol. The molecule has 1 aromatic rings. The van der Waals surface area contributed by atoms with Crippen LogP contribution in [0.5, 0.6) is 0 Å². The summed E-state index contributed by atoms with van der Waals surface area (Å²) >= 11 is 3.24. The molecule has 1 heterocycles. The van der Waals surface area contributed by atoms with E-state index in [1.807, 2.05) is 47.7 Å². The molecule has 1 aliphatic rings. The van der Waals surface area contributed by atoms with Crippen LogP contribution >= 0.6 is 23.5 Å². The van der Waals surface area contributed by atoms with E-state index in [0.29, 0.717) is 0 Å². The average Bonchev–Trinajstić information content (AvgIpc) is 2.51. The van der Waals surface area contributed by atoms with Gasteiger partial charge in [0.05, 0.1) is 12.6 Å². The maximum Gasteiger partial charge on any atom is 0.249 e. The summed E-state index contributed by atoms with van der Waals surface area (Å²) in [4.78, 5) is 14.7. The van der Waals surface area contributed by atoms with Gasteiger partial charge in [-0.05, 0) is 30.9 Å². The zero-order chi connectivity index (χ0) is 14.6. The van der Waals surface area contributed by atoms with Crippen molar-refractivity contribution in [2.75, 3.05) is 25.7 Å². The molecule has 0 bridgehead atoms. The molecule has 3 nitrogen and oxygen atoms in total. The Bertz CT molecular complexity index is 448. The third-order valence-electron chi connectivity index (χ3n) is 3.88. The standard InChI is InChI=1S/C15H21NO2S2/c1-19-15(20-2)9-6-10-16(14(15)18)13(11-17)12-7-4-3-5-8-12/h3-5,7-8,13,17H,6,9-11H2,1-2H3/t13-/m0/s1. The van der Waals surface area contributed by atoms with Crippen LogP contribution in [-0.4, -0.2) is 45.7 Å². The summed E-state index contributed by atoms with van der Waals surface area (Å²) in [5.41, 5.74) is 1.00. The highest BCUT2D eigenvalue weighted by Crippen LogP contribution is 2.44. The number of hydrogen-bond donors (Lipinski definition) is 1. The Labute approximate surface area is 129 Å². The Morgan fingerprint density at radius 2 is 1.95 bits per heavy atom. The summed E-state index contributed by atoms with van der Waals surface area (Å²) in [7, 11) is 0. The Balaban J connectivity index is 2.28. The van der Waals surface area contributed by atoms with Gasteiger partial charge in [0.15, 0.2) is 0 Å². The van der Waals surface area contributed by atoms with E-state index >= 15 is 0 Å². The molecule has 0 unspecified atom stereocenters. The number of piperidine rings is 1. The second kappa shape index (κ2) is 6.87. The van der Waals surface area contributed by atoms with Crippen LogP contribution in [0.15, 0.2) is 30.3 Å². The highest BCUT2D eigenvalue weighted by molar-refractivity contribution is 8.18. The number of carbonyl (C=O) groups excluding carboxylic acids is 1. The first-order valence-corrected chi connectivity index (χ1v) is 9.20. The van der Waals surface area contributed by atoms with Gasteiger partial charge in [0, 0.05) is 6.54 Å². The molecule has 0 spiro atoms. The molecule has 1 atom stereocenters. The molecule has 5 heteroatoms. The molecule has 1 fully saturated rings. The lowest BCUT2D eigenvalue weighted by atomic mass is 10.0. The topological polar surface area (TPSA) is 40.5 Å². The van der Waals surface area contributed by atoms with E-state index in [-0.39, 0.29) is 22.6 Å². The molecule has 20 heavy (non-hydrogen) atoms. The van der Waals surface area contributed by atoms with Gasteiger partial charge in [-0.1, -0.05) is 30.3 Å². The Kier molecular flexibility index (Phi) is 5.41. The molecular formula is C15H21NO2S2. The van der Waals surface area contributed by atoms with Crippen LogP contribution in [0, 0.1) is 0 Å². The number of nitrogens with zero attached hydrogens (tertiary/aromatic N) is 1. The predicted octanol–water partition coefficient (Wildman–Crippen LogP) is 2.76. The van der Waals surface area contributed by atoms with E-state index in [4.69, 9.17) is 0 Å². The summed E-state index contributed by atoms with van der Waals surface area (Å²) in [6.07, 6.45) is 5.87. The van der Waals surface area contributed by atoms with Crippen molar-refractivity contribution in [3.05, 3.63) is 35.9 Å². The zero-order valence-corrected chi connectivity index (χ0v) is 13.5. The van der Waals surface area contributed by atoms with Crippen molar-refractivity contribution >= 4 is 29.4 Å². The maximum absolute atomic E-state index is 12.9. The number of benzene rings is 1. The van der Waals surface area contributed by atoms with Gasteiger partial charge < -0.3 is 10.0 Å². The summed E-state index contributed by atoms with van der Waals surface area (Å²) in [6.45, 7) is 0.691. The number of hydrogen-bond acceptors (Lipinski definition) is 4. The fourth-order valence-corrected chi connectivity index (χ4v) is 4.68. The average molecular weight is 311 g/mol. The van der Waals surface area contributed by atoms with Crippen LogP contribution in [0.3, 0.4) is 0 Å². The largest absolute Gasteiger partial charge is 0.394 e. The highest BCUT2D eigenvalue weighted by atomic mass is 32.2. The summed E-state index contributed by atoms with van der Waals surface area (Å²) in [6, 6.07) is 9.56. The van der Waals surface area contributed by atoms with Crippen molar-refractivity contribution in [2.24, 2.45) is 0 Å². The molecule has 1 aromatic carbocycles. The van der Waals surface area contributed by atoms with Crippen LogP contribution in [-0.2, 0) is 4.79 Å². The van der Waals surface area contributed by atoms with Crippen molar-refractivity contribution < 1.29 is 9.90 Å². The number of thioether (sulfide) groups is 2. The number of aliphatic hydroxyl groups is 1. The minimum absolute atomic E-state index is 0.0331. The molecule has 0 radical (unpaired) electrons. The van der Waals surface area contributed by atoms with E-state index in [0.717, 1.165) is 24.9 Å². The molecule has 1 N–H and O–H groups in total. The van der Waals surface area contributed by atoms with Crippen molar-refractivity contribution in [2.45, 2.75) is 23.0 Å². The van der Waals surface area contributed by atoms with E-state index in [2.05, 4.69) is 0 Å². The molecule has 2 rings (SSSR count). The monoisotopic (exact) mass is 311 g/mol. The maximum atomic E-state index is 12.9. The first-order chi connectivity index (χ1) is 9.68. The van der Waals surface area contributed by atoms with Crippen LogP contribution in [0.25, 0.3) is 0 Å². The van der Waals surface area contributed by atoms with E-state index in [1.165, 1.54) is 0 Å². The molecule has 1 aliphatic heterocycles. The normalized spacial score (nSPS) is 19.9. The van der Waals surface area contributed by atoms with Gasteiger partial charge in [0.25, 0.3) is 0 Å². The number of likely N-dealkylation sites (tertiary alicyclic amines) is 1. The Hall–Kier alpha value is -0.650. The smallest absolute Gasteiger partial charge is 0.249 e. The fourth-order valence-electron chi connectivity index (χ4n) is 2.73. The molecule has 110 valence electrons. The van der Waals surface area contributed by atoms with Gasteiger partial charge in [0.2, 0.25) is 5.91 Å². The second-order valence-corrected chi connectivity index (χ2v) is 7.34. The number of carbonyl (C=O) groups is 1. The lowest BCUT2D eigenvalue weighted by molar-refractivity contribution is -0.137. The molecule has 1 saturated heterocycles. The van der Waals surface area contributed by atoms with Crippen LogP contribution < -0.4 is 0 Å². The summed E-state index contributed by atoms with van der Waals surface area (Å²) in [5.74, 6) is 0.145. The van der Waals surface area contributed by atoms with E-state index in [9.17, 15) is 9.90 Å². The summed E-state index contributed by atoms with van der Waals surface area (Å²) < 4.78 is -0.388. The third kappa shape index (κ3) is 2.85. The number of aliphatic hydroxyl groups excluding tert-OH is 1. The number of amides is 1. The van der Waals surface area contributed by atoms with E-state index < -0.39 is 0 Å². The minimum atomic E-state index is -0.388. The third-order valence-corrected chi connectivity index (χ3v) is 6.96. The van der Waals surface area contributed by atoms with Gasteiger partial charge >= 0.3 is 0 Å². The predicted molar refractivity (Wildman–Crippen MR) is 87.0 cm³/mol. The van der Waals surface area contributed by atoms with Crippen LogP contribution in [0.2, 0.25) is 0 Å². The Morgan fingerprint density at radius 1 is 1.30 bits per heavy atom. The van der Waals surface area contributed by atoms with Gasteiger partial charge in [-0.25, -0.2) is 0 Å². The molecule has 0 saturated carbocycles. The number of rotatable bonds is 5. The summed E-state index contributed by atoms with van der Waals surface area (Å²) in [5, 5.41) is 9.76.